The van der Waals surface area contributed by atoms with Crippen LogP contribution >= 0.6 is 11.3 Å². The topological polar surface area (TPSA) is 34.9 Å². The van der Waals surface area contributed by atoms with Crippen molar-refractivity contribution in [3.8, 4) is 0 Å². The summed E-state index contributed by atoms with van der Waals surface area (Å²) in [5, 5.41) is 5.13. The van der Waals surface area contributed by atoms with E-state index in [9.17, 15) is 9.18 Å². The molecule has 0 bridgehead atoms. The molecule has 0 aliphatic rings. The van der Waals surface area contributed by atoms with Gasteiger partial charge >= 0.3 is 0 Å². The maximum absolute atomic E-state index is 13.2. The number of Topliss-reactive ketones (excluding diaryl/α,β-unsaturated/α-hetero) is 1. The van der Waals surface area contributed by atoms with Gasteiger partial charge in [0.05, 0.1) is 17.0 Å². The maximum Gasteiger partial charge on any atom is 0.178 e. The van der Waals surface area contributed by atoms with Gasteiger partial charge in [-0.25, -0.2) is 4.39 Å². The van der Waals surface area contributed by atoms with E-state index in [2.05, 4.69) is 5.10 Å². The first-order valence-corrected chi connectivity index (χ1v) is 7.06. The lowest BCUT2D eigenvalue weighted by Crippen LogP contribution is -2.06. The molecule has 0 aliphatic heterocycles. The number of thiophene rings is 1. The Labute approximate surface area is 119 Å². The Hall–Kier alpha value is -2.01. The molecule has 1 aromatic carbocycles. The van der Waals surface area contributed by atoms with Crippen molar-refractivity contribution in [2.45, 2.75) is 13.3 Å². The van der Waals surface area contributed by atoms with E-state index in [1.165, 1.54) is 23.5 Å². The summed E-state index contributed by atoms with van der Waals surface area (Å²) in [5.74, 6) is -0.241. The van der Waals surface area contributed by atoms with E-state index in [4.69, 9.17) is 0 Å². The molecule has 0 spiro atoms. The predicted octanol–water partition coefficient (Wildman–Crippen LogP) is 3.51. The van der Waals surface area contributed by atoms with Gasteiger partial charge in [0.15, 0.2) is 5.78 Å². The van der Waals surface area contributed by atoms with E-state index < -0.39 is 0 Å². The number of ketones is 1. The number of fused-ring (bicyclic) bond motifs is 1. The van der Waals surface area contributed by atoms with Gasteiger partial charge in [-0.1, -0.05) is 6.07 Å². The molecule has 3 nitrogen and oxygen atoms in total. The zero-order chi connectivity index (χ0) is 14.3. The Morgan fingerprint density at radius 1 is 1.35 bits per heavy atom. The van der Waals surface area contributed by atoms with Crippen LogP contribution in [0.4, 0.5) is 4.39 Å². The Balaban J connectivity index is 1.90. The van der Waals surface area contributed by atoms with Gasteiger partial charge in [-0.2, -0.15) is 5.10 Å². The van der Waals surface area contributed by atoms with Gasteiger partial charge in [-0.15, -0.1) is 11.3 Å². The number of nitrogens with zero attached hydrogens (tertiary/aromatic N) is 2. The van der Waals surface area contributed by atoms with E-state index in [0.29, 0.717) is 11.3 Å². The van der Waals surface area contributed by atoms with Gasteiger partial charge < -0.3 is 0 Å². The molecule has 0 saturated heterocycles. The highest BCUT2D eigenvalue weighted by molar-refractivity contribution is 7.20. The SMILES string of the molecule is Cc1cc(CC(=O)c2cc3ccc(F)cc3s2)n(C)n1. The monoisotopic (exact) mass is 288 g/mol. The Morgan fingerprint density at radius 3 is 2.85 bits per heavy atom. The van der Waals surface area contributed by atoms with Gasteiger partial charge in [-0.05, 0) is 36.6 Å². The van der Waals surface area contributed by atoms with Crippen molar-refractivity contribution < 1.29 is 9.18 Å². The summed E-state index contributed by atoms with van der Waals surface area (Å²) in [7, 11) is 1.83. The number of aromatic nitrogens is 2. The third-order valence-corrected chi connectivity index (χ3v) is 4.34. The molecule has 0 N–H and O–H groups in total. The van der Waals surface area contributed by atoms with Gasteiger partial charge in [0.1, 0.15) is 5.82 Å². The molecule has 0 aliphatic carbocycles. The molecule has 20 heavy (non-hydrogen) atoms. The first-order valence-electron chi connectivity index (χ1n) is 6.25. The summed E-state index contributed by atoms with van der Waals surface area (Å²) in [4.78, 5) is 13.0. The van der Waals surface area contributed by atoms with E-state index in [1.807, 2.05) is 26.1 Å². The average Bonchev–Trinajstić information content (AvgIpc) is 2.92. The Bertz CT molecular complexity index is 803. The van der Waals surface area contributed by atoms with Crippen LogP contribution in [0.2, 0.25) is 0 Å². The zero-order valence-corrected chi connectivity index (χ0v) is 12.0. The van der Waals surface area contributed by atoms with Crippen LogP contribution in [-0.4, -0.2) is 15.6 Å². The fourth-order valence-corrected chi connectivity index (χ4v) is 3.25. The van der Waals surface area contributed by atoms with Crippen molar-refractivity contribution in [3.63, 3.8) is 0 Å². The number of benzene rings is 1. The molecule has 0 unspecified atom stereocenters. The van der Waals surface area contributed by atoms with Crippen LogP contribution in [-0.2, 0) is 13.5 Å². The molecule has 0 radical (unpaired) electrons. The normalized spacial score (nSPS) is 11.2. The van der Waals surface area contributed by atoms with Crippen LogP contribution in [0.5, 0.6) is 0 Å². The number of carbonyl (C=O) groups excluding carboxylic acids is 1. The second-order valence-corrected chi connectivity index (χ2v) is 5.88. The number of hydrogen-bond acceptors (Lipinski definition) is 3. The molecule has 3 rings (SSSR count). The molecule has 0 fully saturated rings. The van der Waals surface area contributed by atoms with Crippen LogP contribution in [0.1, 0.15) is 21.1 Å². The van der Waals surface area contributed by atoms with E-state index in [0.717, 1.165) is 21.5 Å². The second-order valence-electron chi connectivity index (χ2n) is 4.79. The molecule has 2 heterocycles. The number of aryl methyl sites for hydroxylation is 2. The van der Waals surface area contributed by atoms with Crippen LogP contribution in [0, 0.1) is 12.7 Å². The van der Waals surface area contributed by atoms with Crippen LogP contribution < -0.4 is 0 Å². The van der Waals surface area contributed by atoms with Gasteiger partial charge in [0.25, 0.3) is 0 Å². The second kappa shape index (κ2) is 4.83. The third kappa shape index (κ3) is 2.36. The fourth-order valence-electron chi connectivity index (χ4n) is 2.22. The van der Waals surface area contributed by atoms with Crippen molar-refractivity contribution in [2.24, 2.45) is 7.05 Å². The molecular formula is C15H13FN2OS. The fraction of sp³-hybridized carbons (Fsp3) is 0.200. The van der Waals surface area contributed by atoms with Crippen LogP contribution in [0.3, 0.4) is 0 Å². The van der Waals surface area contributed by atoms with Crippen molar-refractivity contribution in [1.82, 2.24) is 9.78 Å². The first kappa shape index (κ1) is 13.0. The lowest BCUT2D eigenvalue weighted by molar-refractivity contribution is 0.0994. The minimum atomic E-state index is -0.277. The van der Waals surface area contributed by atoms with Gasteiger partial charge in [0, 0.05) is 17.4 Å². The van der Waals surface area contributed by atoms with Crippen molar-refractivity contribution in [1.29, 1.82) is 0 Å². The van der Waals surface area contributed by atoms with Crippen molar-refractivity contribution in [3.05, 3.63) is 52.4 Å². The lowest BCUT2D eigenvalue weighted by Gasteiger charge is -1.99. The molecule has 2 aromatic heterocycles. The van der Waals surface area contributed by atoms with E-state index in [1.54, 1.807) is 10.7 Å². The first-order chi connectivity index (χ1) is 9.52. The van der Waals surface area contributed by atoms with Crippen LogP contribution in [0.15, 0.2) is 30.3 Å². The maximum atomic E-state index is 13.2. The Kier molecular flexibility index (Phi) is 3.14. The quantitative estimate of drug-likeness (QED) is 0.691. The summed E-state index contributed by atoms with van der Waals surface area (Å²) in [6.07, 6.45) is 0.312. The number of hydrogen-bond donors (Lipinski definition) is 0. The zero-order valence-electron chi connectivity index (χ0n) is 11.2. The molecule has 0 atom stereocenters. The highest BCUT2D eigenvalue weighted by Crippen LogP contribution is 2.27. The minimum absolute atomic E-state index is 0.0367. The molecule has 0 saturated carbocycles. The molecule has 5 heteroatoms. The minimum Gasteiger partial charge on any atom is -0.293 e. The van der Waals surface area contributed by atoms with Gasteiger partial charge in [-0.3, -0.25) is 9.48 Å². The largest absolute Gasteiger partial charge is 0.293 e. The predicted molar refractivity (Wildman–Crippen MR) is 77.8 cm³/mol. The molecule has 0 amide bonds. The Morgan fingerprint density at radius 2 is 2.15 bits per heavy atom. The van der Waals surface area contributed by atoms with Crippen molar-refractivity contribution in [2.75, 3.05) is 0 Å². The number of halogens is 1. The summed E-state index contributed by atoms with van der Waals surface area (Å²) < 4.78 is 15.7. The van der Waals surface area contributed by atoms with Gasteiger partial charge in [0.2, 0.25) is 0 Å². The summed E-state index contributed by atoms with van der Waals surface area (Å²) in [6.45, 7) is 1.90. The van der Waals surface area contributed by atoms with Crippen LogP contribution in [0.25, 0.3) is 10.1 Å². The summed E-state index contributed by atoms with van der Waals surface area (Å²) >= 11 is 1.33. The van der Waals surface area contributed by atoms with Crippen molar-refractivity contribution >= 4 is 27.2 Å². The third-order valence-electron chi connectivity index (χ3n) is 3.20. The van der Waals surface area contributed by atoms with E-state index in [-0.39, 0.29) is 11.6 Å². The van der Waals surface area contributed by atoms with E-state index >= 15 is 0 Å². The smallest absolute Gasteiger partial charge is 0.178 e. The average molecular weight is 288 g/mol. The molecule has 3 aromatic rings. The highest BCUT2D eigenvalue weighted by Gasteiger charge is 2.14. The standard InChI is InChI=1S/C15H13FN2OS/c1-9-5-12(18(2)17-9)8-13(19)15-6-10-3-4-11(16)7-14(10)20-15/h3-7H,8H2,1-2H3. The molecule has 102 valence electrons. The summed E-state index contributed by atoms with van der Waals surface area (Å²) in [5.41, 5.74) is 1.78. The number of rotatable bonds is 3. The molecular weight excluding hydrogens is 275 g/mol. The summed E-state index contributed by atoms with van der Waals surface area (Å²) in [6, 6.07) is 8.31. The highest BCUT2D eigenvalue weighted by atomic mass is 32.1. The lowest BCUT2D eigenvalue weighted by atomic mass is 10.1. The number of carbonyl (C=O) groups is 1.